The Kier molecular flexibility index (Phi) is 5.01. The van der Waals surface area contributed by atoms with Crippen molar-refractivity contribution >= 4 is 20.2 Å². The number of nitrogens with zero attached hydrogens (tertiary/aromatic N) is 1. The van der Waals surface area contributed by atoms with Gasteiger partial charge in [0.25, 0.3) is 0 Å². The summed E-state index contributed by atoms with van der Waals surface area (Å²) < 4.78 is 94.8. The van der Waals surface area contributed by atoms with Crippen LogP contribution in [0.25, 0.3) is 0 Å². The summed E-state index contributed by atoms with van der Waals surface area (Å²) in [4.78, 5) is -1.49. The fourth-order valence-electron chi connectivity index (χ4n) is 1.37. The first-order valence-electron chi connectivity index (χ1n) is 5.42. The number of sulfonamides is 1. The van der Waals surface area contributed by atoms with Crippen LogP contribution in [0.1, 0.15) is 6.42 Å². The molecule has 1 aromatic carbocycles. The minimum Gasteiger partial charge on any atom is -0.207 e. The van der Waals surface area contributed by atoms with Gasteiger partial charge < -0.3 is 0 Å². The van der Waals surface area contributed by atoms with Crippen molar-refractivity contribution in [2.24, 2.45) is 0 Å². The van der Waals surface area contributed by atoms with Crippen molar-refractivity contribution in [1.82, 2.24) is 4.31 Å². The van der Waals surface area contributed by atoms with E-state index < -0.39 is 49.2 Å². The van der Waals surface area contributed by atoms with Crippen LogP contribution in [0.15, 0.2) is 34.1 Å². The highest BCUT2D eigenvalue weighted by atomic mass is 32.3. The van der Waals surface area contributed by atoms with Crippen molar-refractivity contribution in [1.29, 1.82) is 0 Å². The zero-order chi connectivity index (χ0) is 16.5. The van der Waals surface area contributed by atoms with Gasteiger partial charge in [-0.15, -0.1) is 3.89 Å². The largest absolute Gasteiger partial charge is 0.390 e. The molecule has 0 heterocycles. The molecule has 0 saturated carbocycles. The summed E-state index contributed by atoms with van der Waals surface area (Å²) in [5, 5.41) is 0. The van der Waals surface area contributed by atoms with E-state index in [-0.39, 0.29) is 0 Å². The standard InChI is InChI=1S/C10H11F4NO4S2/c1-15(6-5-10(11,12)13)21(18,19)9-4-2-3-8(7-9)20(14,16)17/h2-4,7H,5-6H2,1H3. The number of hydrogen-bond acceptors (Lipinski definition) is 4. The molecule has 0 fully saturated rings. The Balaban J connectivity index is 3.08. The smallest absolute Gasteiger partial charge is 0.207 e. The highest BCUT2D eigenvalue weighted by molar-refractivity contribution is 7.89. The van der Waals surface area contributed by atoms with E-state index in [0.717, 1.165) is 25.2 Å². The maximum Gasteiger partial charge on any atom is 0.390 e. The fraction of sp³-hybridized carbons (Fsp3) is 0.400. The van der Waals surface area contributed by atoms with E-state index in [0.29, 0.717) is 10.4 Å². The number of benzene rings is 1. The SMILES string of the molecule is CN(CCC(F)(F)F)S(=O)(=O)c1cccc(S(=O)(=O)F)c1. The number of alkyl halides is 3. The van der Waals surface area contributed by atoms with Gasteiger partial charge in [0.2, 0.25) is 10.0 Å². The summed E-state index contributed by atoms with van der Waals surface area (Å²) in [5.41, 5.74) is 0. The Morgan fingerprint density at radius 3 is 2.10 bits per heavy atom. The molecule has 0 unspecified atom stereocenters. The average molecular weight is 349 g/mol. The molecule has 0 aliphatic carbocycles. The molecule has 0 amide bonds. The van der Waals surface area contributed by atoms with Crippen LogP contribution in [0.3, 0.4) is 0 Å². The molecular formula is C10H11F4NO4S2. The van der Waals surface area contributed by atoms with Crippen LogP contribution in [0.4, 0.5) is 17.1 Å². The topological polar surface area (TPSA) is 71.5 Å². The van der Waals surface area contributed by atoms with Crippen LogP contribution in [0.2, 0.25) is 0 Å². The summed E-state index contributed by atoms with van der Waals surface area (Å²) in [6.07, 6.45) is -5.89. The minimum absolute atomic E-state index is 0.421. The average Bonchev–Trinajstić information content (AvgIpc) is 2.34. The Morgan fingerprint density at radius 2 is 1.62 bits per heavy atom. The molecular weight excluding hydrogens is 338 g/mol. The maximum absolute atomic E-state index is 12.8. The molecule has 1 rings (SSSR count). The van der Waals surface area contributed by atoms with Gasteiger partial charge in [0.1, 0.15) is 0 Å². The number of halogens is 4. The van der Waals surface area contributed by atoms with Crippen molar-refractivity contribution < 1.29 is 33.9 Å². The van der Waals surface area contributed by atoms with Gasteiger partial charge in [-0.3, -0.25) is 0 Å². The maximum atomic E-state index is 12.8. The summed E-state index contributed by atoms with van der Waals surface area (Å²) in [6, 6.07) is 3.34. The molecule has 0 aromatic heterocycles. The second-order valence-electron chi connectivity index (χ2n) is 4.10. The molecule has 0 saturated heterocycles. The predicted octanol–water partition coefficient (Wildman–Crippen LogP) is 1.92. The molecule has 0 bridgehead atoms. The van der Waals surface area contributed by atoms with Crippen LogP contribution >= 0.6 is 0 Å². The molecule has 0 aliphatic heterocycles. The lowest BCUT2D eigenvalue weighted by molar-refractivity contribution is -0.135. The zero-order valence-electron chi connectivity index (χ0n) is 10.6. The lowest BCUT2D eigenvalue weighted by Gasteiger charge is -2.18. The van der Waals surface area contributed by atoms with Crippen LogP contribution in [-0.4, -0.2) is 40.9 Å². The number of hydrogen-bond donors (Lipinski definition) is 0. The molecule has 0 radical (unpaired) electrons. The number of rotatable bonds is 5. The third kappa shape index (κ3) is 4.93. The van der Waals surface area contributed by atoms with Crippen molar-refractivity contribution in [2.45, 2.75) is 22.4 Å². The zero-order valence-corrected chi connectivity index (χ0v) is 12.3. The second-order valence-corrected chi connectivity index (χ2v) is 7.50. The summed E-state index contributed by atoms with van der Waals surface area (Å²) in [6.45, 7) is -0.835. The fourth-order valence-corrected chi connectivity index (χ4v) is 3.17. The summed E-state index contributed by atoms with van der Waals surface area (Å²) in [7, 11) is -8.54. The molecule has 11 heteroatoms. The van der Waals surface area contributed by atoms with Crippen molar-refractivity contribution in [3.8, 4) is 0 Å². The minimum atomic E-state index is -5.11. The van der Waals surface area contributed by atoms with E-state index >= 15 is 0 Å². The lowest BCUT2D eigenvalue weighted by atomic mass is 10.4. The lowest BCUT2D eigenvalue weighted by Crippen LogP contribution is -2.30. The highest BCUT2D eigenvalue weighted by Crippen LogP contribution is 2.23. The first kappa shape index (κ1) is 17.9. The highest BCUT2D eigenvalue weighted by Gasteiger charge is 2.30. The van der Waals surface area contributed by atoms with Crippen molar-refractivity contribution in [3.63, 3.8) is 0 Å². The summed E-state index contributed by atoms with van der Waals surface area (Å²) >= 11 is 0. The predicted molar refractivity (Wildman–Crippen MR) is 65.2 cm³/mol. The third-order valence-corrected chi connectivity index (χ3v) is 5.18. The van der Waals surface area contributed by atoms with E-state index in [2.05, 4.69) is 0 Å². The van der Waals surface area contributed by atoms with Gasteiger partial charge >= 0.3 is 16.4 Å². The van der Waals surface area contributed by atoms with Crippen LogP contribution in [0, 0.1) is 0 Å². The van der Waals surface area contributed by atoms with E-state index in [1.807, 2.05) is 0 Å². The molecule has 5 nitrogen and oxygen atoms in total. The van der Waals surface area contributed by atoms with Gasteiger partial charge in [-0.25, -0.2) is 12.7 Å². The van der Waals surface area contributed by atoms with E-state index in [9.17, 15) is 33.9 Å². The van der Waals surface area contributed by atoms with E-state index in [1.165, 1.54) is 0 Å². The van der Waals surface area contributed by atoms with E-state index in [1.54, 1.807) is 0 Å². The first-order chi connectivity index (χ1) is 9.34. The van der Waals surface area contributed by atoms with Gasteiger partial charge in [-0.1, -0.05) is 6.07 Å². The quantitative estimate of drug-likeness (QED) is 0.601. The Bertz CT molecular complexity index is 713. The Labute approximate surface area is 119 Å². The normalized spacial score (nSPS) is 13.6. The molecule has 0 aliphatic rings. The summed E-state index contributed by atoms with van der Waals surface area (Å²) in [5.74, 6) is 0. The monoisotopic (exact) mass is 349 g/mol. The molecule has 0 atom stereocenters. The molecule has 0 N–H and O–H groups in total. The Hall–Kier alpha value is -1.20. The van der Waals surface area contributed by atoms with Gasteiger partial charge in [-0.05, 0) is 18.2 Å². The molecule has 21 heavy (non-hydrogen) atoms. The van der Waals surface area contributed by atoms with Crippen molar-refractivity contribution in [2.75, 3.05) is 13.6 Å². The van der Waals surface area contributed by atoms with Crippen LogP contribution < -0.4 is 0 Å². The molecule has 0 spiro atoms. The third-order valence-electron chi connectivity index (χ3n) is 2.51. The van der Waals surface area contributed by atoms with Gasteiger partial charge in [0.15, 0.2) is 0 Å². The van der Waals surface area contributed by atoms with Gasteiger partial charge in [-0.2, -0.15) is 21.6 Å². The first-order valence-corrected chi connectivity index (χ1v) is 8.24. The second kappa shape index (κ2) is 5.89. The van der Waals surface area contributed by atoms with Gasteiger partial charge in [0.05, 0.1) is 16.2 Å². The van der Waals surface area contributed by atoms with Crippen LogP contribution in [-0.2, 0) is 20.2 Å². The Morgan fingerprint density at radius 1 is 1.10 bits per heavy atom. The van der Waals surface area contributed by atoms with Crippen molar-refractivity contribution in [3.05, 3.63) is 24.3 Å². The van der Waals surface area contributed by atoms with Gasteiger partial charge in [0, 0.05) is 13.6 Å². The molecule has 120 valence electrons. The van der Waals surface area contributed by atoms with Crippen LogP contribution in [0.5, 0.6) is 0 Å². The molecule has 1 aromatic rings. The van der Waals surface area contributed by atoms with E-state index in [4.69, 9.17) is 0 Å².